The molecule has 3 rings (SSSR count). The molecule has 0 aliphatic rings. The van der Waals surface area contributed by atoms with Crippen molar-refractivity contribution in [3.8, 4) is 0 Å². The summed E-state index contributed by atoms with van der Waals surface area (Å²) in [6.07, 6.45) is 0. The van der Waals surface area contributed by atoms with Crippen LogP contribution in [0.1, 0.15) is 31.5 Å². The molecule has 110 valence electrons. The Balaban J connectivity index is 2.17. The fourth-order valence-electron chi connectivity index (χ4n) is 2.47. The normalized spacial score (nSPS) is 12.2. The van der Waals surface area contributed by atoms with Gasteiger partial charge in [0, 0.05) is 16.0 Å². The number of imidazole rings is 1. The second kappa shape index (κ2) is 5.04. The van der Waals surface area contributed by atoms with E-state index in [4.69, 9.17) is 22.3 Å². The van der Waals surface area contributed by atoms with Crippen LogP contribution in [0.4, 0.5) is 5.69 Å². The van der Waals surface area contributed by atoms with Crippen LogP contribution in [0.5, 0.6) is 0 Å². The lowest BCUT2D eigenvalue weighted by atomic mass is 9.95. The molecule has 0 amide bonds. The van der Waals surface area contributed by atoms with Crippen LogP contribution in [0, 0.1) is 0 Å². The van der Waals surface area contributed by atoms with Crippen LogP contribution in [0.15, 0.2) is 30.3 Å². The van der Waals surface area contributed by atoms with Gasteiger partial charge in [-0.15, -0.1) is 11.3 Å². The highest BCUT2D eigenvalue weighted by Crippen LogP contribution is 2.30. The summed E-state index contributed by atoms with van der Waals surface area (Å²) in [5.41, 5.74) is 8.65. The van der Waals surface area contributed by atoms with Gasteiger partial charge in [0.15, 0.2) is 0 Å². The molecule has 0 spiro atoms. The first-order chi connectivity index (χ1) is 9.84. The summed E-state index contributed by atoms with van der Waals surface area (Å²) in [4.78, 5) is 6.03. The summed E-state index contributed by atoms with van der Waals surface area (Å²) in [6.45, 7) is 7.31. The van der Waals surface area contributed by atoms with E-state index in [2.05, 4.69) is 31.4 Å². The molecule has 21 heavy (non-hydrogen) atoms. The Morgan fingerprint density at radius 3 is 2.62 bits per heavy atom. The monoisotopic (exact) mass is 319 g/mol. The molecule has 2 aromatic heterocycles. The molecule has 3 nitrogen and oxygen atoms in total. The van der Waals surface area contributed by atoms with Crippen LogP contribution < -0.4 is 5.73 Å². The molecule has 0 saturated carbocycles. The number of rotatable bonds is 2. The Labute approximate surface area is 133 Å². The van der Waals surface area contributed by atoms with Gasteiger partial charge in [0.05, 0.1) is 21.9 Å². The quantitative estimate of drug-likeness (QED) is 0.697. The molecule has 1 aromatic carbocycles. The van der Waals surface area contributed by atoms with Gasteiger partial charge < -0.3 is 10.3 Å². The highest BCUT2D eigenvalue weighted by Gasteiger charge is 2.23. The molecule has 0 radical (unpaired) electrons. The van der Waals surface area contributed by atoms with E-state index in [1.165, 1.54) is 4.88 Å². The first kappa shape index (κ1) is 14.4. The van der Waals surface area contributed by atoms with Crippen molar-refractivity contribution in [3.05, 3.63) is 45.4 Å². The molecule has 0 bridgehead atoms. The molecule has 0 unspecified atom stereocenters. The van der Waals surface area contributed by atoms with Gasteiger partial charge >= 0.3 is 0 Å². The number of benzene rings is 1. The zero-order chi connectivity index (χ0) is 15.2. The molecule has 0 saturated heterocycles. The number of thiophene rings is 1. The Morgan fingerprint density at radius 2 is 2.00 bits per heavy atom. The second-order valence-electron chi connectivity index (χ2n) is 6.23. The van der Waals surface area contributed by atoms with Gasteiger partial charge in [0.25, 0.3) is 0 Å². The summed E-state index contributed by atoms with van der Waals surface area (Å²) < 4.78 is 3.08. The minimum absolute atomic E-state index is 0.0329. The van der Waals surface area contributed by atoms with Gasteiger partial charge in [-0.1, -0.05) is 32.4 Å². The predicted octanol–water partition coefficient (Wildman–Crippen LogP) is 4.68. The van der Waals surface area contributed by atoms with E-state index < -0.39 is 0 Å². The van der Waals surface area contributed by atoms with E-state index in [9.17, 15) is 0 Å². The molecule has 0 fully saturated rings. The van der Waals surface area contributed by atoms with E-state index >= 15 is 0 Å². The standard InChI is InChI=1S/C16H18ClN3S/c1-16(2,3)15-19-12-8-10(18)4-6-13(12)20(15)9-11-5-7-14(17)21-11/h4-8H,9,18H2,1-3H3. The number of aromatic nitrogens is 2. The molecule has 2 N–H and O–H groups in total. The van der Waals surface area contributed by atoms with Crippen LogP contribution in [-0.4, -0.2) is 9.55 Å². The number of nitrogens with two attached hydrogens (primary N) is 1. The van der Waals surface area contributed by atoms with Gasteiger partial charge in [-0.05, 0) is 30.3 Å². The maximum Gasteiger partial charge on any atom is 0.115 e. The Bertz CT molecular complexity index is 796. The fourth-order valence-corrected chi connectivity index (χ4v) is 3.55. The third-order valence-electron chi connectivity index (χ3n) is 3.39. The molecule has 0 aliphatic heterocycles. The van der Waals surface area contributed by atoms with E-state index in [1.54, 1.807) is 11.3 Å². The average Bonchev–Trinajstić information content (AvgIpc) is 2.93. The van der Waals surface area contributed by atoms with E-state index in [0.717, 1.165) is 33.4 Å². The average molecular weight is 320 g/mol. The lowest BCUT2D eigenvalue weighted by Gasteiger charge is -2.19. The highest BCUT2D eigenvalue weighted by atomic mass is 35.5. The predicted molar refractivity (Wildman–Crippen MR) is 91.3 cm³/mol. The summed E-state index contributed by atoms with van der Waals surface area (Å²) in [7, 11) is 0. The second-order valence-corrected chi connectivity index (χ2v) is 8.03. The van der Waals surface area contributed by atoms with Crippen molar-refractivity contribution in [3.63, 3.8) is 0 Å². The molecule has 2 heterocycles. The van der Waals surface area contributed by atoms with Crippen LogP contribution in [0.2, 0.25) is 4.34 Å². The van der Waals surface area contributed by atoms with Gasteiger partial charge in [0.1, 0.15) is 5.82 Å². The number of fused-ring (bicyclic) bond motifs is 1. The van der Waals surface area contributed by atoms with Crippen LogP contribution >= 0.6 is 22.9 Å². The van der Waals surface area contributed by atoms with Crippen molar-refractivity contribution in [2.45, 2.75) is 32.7 Å². The molecular formula is C16H18ClN3S. The Morgan fingerprint density at radius 1 is 1.24 bits per heavy atom. The third kappa shape index (κ3) is 2.78. The minimum atomic E-state index is -0.0329. The zero-order valence-electron chi connectivity index (χ0n) is 12.4. The van der Waals surface area contributed by atoms with Crippen molar-refractivity contribution < 1.29 is 0 Å². The molecule has 5 heteroatoms. The van der Waals surface area contributed by atoms with Crippen molar-refractivity contribution >= 4 is 39.7 Å². The first-order valence-corrected chi connectivity index (χ1v) is 8.04. The van der Waals surface area contributed by atoms with Crippen molar-refractivity contribution in [2.75, 3.05) is 5.73 Å². The Kier molecular flexibility index (Phi) is 3.46. The number of halogens is 1. The summed E-state index contributed by atoms with van der Waals surface area (Å²) in [5, 5.41) is 0. The number of nitrogens with zero attached hydrogens (tertiary/aromatic N) is 2. The maximum absolute atomic E-state index is 6.05. The molecular weight excluding hydrogens is 302 g/mol. The molecule has 3 aromatic rings. The minimum Gasteiger partial charge on any atom is -0.399 e. The number of hydrogen-bond acceptors (Lipinski definition) is 3. The van der Waals surface area contributed by atoms with E-state index in [1.807, 2.05) is 24.3 Å². The number of nitrogen functional groups attached to an aromatic ring is 1. The van der Waals surface area contributed by atoms with Gasteiger partial charge in [0.2, 0.25) is 0 Å². The van der Waals surface area contributed by atoms with Crippen molar-refractivity contribution in [1.29, 1.82) is 0 Å². The van der Waals surface area contributed by atoms with E-state index in [0.29, 0.717) is 0 Å². The summed E-state index contributed by atoms with van der Waals surface area (Å²) in [6, 6.07) is 9.91. The van der Waals surface area contributed by atoms with E-state index in [-0.39, 0.29) is 5.41 Å². The van der Waals surface area contributed by atoms with Crippen molar-refractivity contribution in [1.82, 2.24) is 9.55 Å². The van der Waals surface area contributed by atoms with Gasteiger partial charge in [-0.25, -0.2) is 4.98 Å². The smallest absolute Gasteiger partial charge is 0.115 e. The Hall–Kier alpha value is -1.52. The highest BCUT2D eigenvalue weighted by molar-refractivity contribution is 7.16. The van der Waals surface area contributed by atoms with Crippen LogP contribution in [0.3, 0.4) is 0 Å². The fraction of sp³-hybridized carbons (Fsp3) is 0.312. The van der Waals surface area contributed by atoms with Crippen molar-refractivity contribution in [2.24, 2.45) is 0 Å². The lowest BCUT2D eigenvalue weighted by Crippen LogP contribution is -2.19. The zero-order valence-corrected chi connectivity index (χ0v) is 13.9. The third-order valence-corrected chi connectivity index (χ3v) is 4.60. The lowest BCUT2D eigenvalue weighted by molar-refractivity contribution is 0.517. The molecule has 0 atom stereocenters. The first-order valence-electron chi connectivity index (χ1n) is 6.85. The van der Waals surface area contributed by atoms with Gasteiger partial charge in [-0.3, -0.25) is 0 Å². The SMILES string of the molecule is CC(C)(C)c1nc2cc(N)ccc2n1Cc1ccc(Cl)s1. The maximum atomic E-state index is 6.05. The summed E-state index contributed by atoms with van der Waals surface area (Å²) >= 11 is 7.66. The molecule has 0 aliphatic carbocycles. The van der Waals surface area contributed by atoms with Crippen LogP contribution in [-0.2, 0) is 12.0 Å². The van der Waals surface area contributed by atoms with Gasteiger partial charge in [-0.2, -0.15) is 0 Å². The van der Waals surface area contributed by atoms with Crippen LogP contribution in [0.25, 0.3) is 11.0 Å². The number of anilines is 1. The largest absolute Gasteiger partial charge is 0.399 e. The topological polar surface area (TPSA) is 43.8 Å². The number of hydrogen-bond donors (Lipinski definition) is 1. The summed E-state index contributed by atoms with van der Waals surface area (Å²) in [5.74, 6) is 1.06.